The van der Waals surface area contributed by atoms with E-state index in [1.54, 1.807) is 19.2 Å². The molecule has 0 fully saturated rings. The molecule has 0 saturated heterocycles. The number of hydrogen-bond donors (Lipinski definition) is 0. The van der Waals surface area contributed by atoms with E-state index in [1.807, 2.05) is 39.8 Å². The molecule has 3 aromatic rings. The second-order valence-electron chi connectivity index (χ2n) is 8.00. The first kappa shape index (κ1) is 27.2. The molecule has 1 aliphatic rings. The van der Waals surface area contributed by atoms with Crippen LogP contribution in [0.2, 0.25) is 5.02 Å². The maximum atomic E-state index is 11.2. The molecule has 0 unspecified atom stereocenters. The van der Waals surface area contributed by atoms with Gasteiger partial charge in [-0.3, -0.25) is 0 Å². The predicted octanol–water partition coefficient (Wildman–Crippen LogP) is 3.63. The van der Waals surface area contributed by atoms with E-state index in [2.05, 4.69) is 0 Å². The second-order valence-corrected chi connectivity index (χ2v) is 13.6. The van der Waals surface area contributed by atoms with Gasteiger partial charge in [0, 0.05) is 34.4 Å². The van der Waals surface area contributed by atoms with Crippen molar-refractivity contribution < 1.29 is 35.2 Å². The van der Waals surface area contributed by atoms with E-state index in [4.69, 9.17) is 16.3 Å². The van der Waals surface area contributed by atoms with Crippen LogP contribution in [0, 0.1) is 0 Å². The van der Waals surface area contributed by atoms with Crippen LogP contribution in [0.15, 0.2) is 46.3 Å². The van der Waals surface area contributed by atoms with Crippen LogP contribution < -0.4 is 14.2 Å². The number of thioether (sulfide) groups is 1. The number of rotatable bonds is 10. The molecule has 1 aromatic heterocycles. The lowest BCUT2D eigenvalue weighted by atomic mass is 10.2. The third-order valence-corrected chi connectivity index (χ3v) is 9.47. The Balaban J connectivity index is 1.74. The second kappa shape index (κ2) is 10.9. The van der Waals surface area contributed by atoms with Gasteiger partial charge in [-0.1, -0.05) is 34.7 Å². The highest BCUT2D eigenvalue weighted by atomic mass is 35.5. The molecule has 0 amide bonds. The summed E-state index contributed by atoms with van der Waals surface area (Å²) in [6.45, 7) is 0.590. The Morgan fingerprint density at radius 2 is 1.78 bits per heavy atom. The van der Waals surface area contributed by atoms with Crippen molar-refractivity contribution in [2.24, 2.45) is 0 Å². The van der Waals surface area contributed by atoms with Gasteiger partial charge < -0.3 is 18.7 Å². The van der Waals surface area contributed by atoms with Crippen LogP contribution in [0.25, 0.3) is 16.3 Å². The van der Waals surface area contributed by atoms with Crippen molar-refractivity contribution in [2.45, 2.75) is 24.3 Å². The third-order valence-electron chi connectivity index (χ3n) is 5.43. The van der Waals surface area contributed by atoms with E-state index in [-0.39, 0.29) is 12.8 Å². The molecule has 0 spiro atoms. The van der Waals surface area contributed by atoms with Crippen LogP contribution in [0.1, 0.15) is 17.8 Å². The molecule has 0 atom stereocenters. The lowest BCUT2D eigenvalue weighted by molar-refractivity contribution is -0.668. The van der Waals surface area contributed by atoms with Gasteiger partial charge in [0.1, 0.15) is 10.4 Å². The predicted molar refractivity (Wildman–Crippen MR) is 140 cm³/mol. The van der Waals surface area contributed by atoms with Gasteiger partial charge in [-0.15, -0.1) is 0 Å². The molecule has 0 saturated carbocycles. The van der Waals surface area contributed by atoms with Crippen molar-refractivity contribution in [1.82, 2.24) is 0 Å². The fourth-order valence-electron chi connectivity index (χ4n) is 3.86. The van der Waals surface area contributed by atoms with Gasteiger partial charge in [0.2, 0.25) is 5.52 Å². The Bertz CT molecular complexity index is 1540. The molecule has 36 heavy (non-hydrogen) atoms. The summed E-state index contributed by atoms with van der Waals surface area (Å²) in [6.07, 6.45) is 2.22. The summed E-state index contributed by atoms with van der Waals surface area (Å²) >= 11 is 9.19. The van der Waals surface area contributed by atoms with Crippen molar-refractivity contribution in [1.29, 1.82) is 0 Å². The van der Waals surface area contributed by atoms with E-state index >= 15 is 0 Å². The molecule has 2 heterocycles. The zero-order valence-corrected chi connectivity index (χ0v) is 23.1. The molecule has 0 bridgehead atoms. The van der Waals surface area contributed by atoms with Crippen molar-refractivity contribution in [2.75, 3.05) is 30.1 Å². The minimum atomic E-state index is -4.35. The van der Waals surface area contributed by atoms with E-state index in [0.29, 0.717) is 23.9 Å². The molecular formula is C22H22ClN2O7S4-. The summed E-state index contributed by atoms with van der Waals surface area (Å²) in [5, 5.41) is 2.14. The number of thiazole rings is 1. The molecule has 9 nitrogen and oxygen atoms in total. The molecule has 0 radical (unpaired) electrons. The first-order valence-corrected chi connectivity index (χ1v) is 15.9. The van der Waals surface area contributed by atoms with Crippen LogP contribution in [0.5, 0.6) is 5.75 Å². The highest BCUT2D eigenvalue weighted by molar-refractivity contribution is 8.04. The zero-order valence-electron chi connectivity index (χ0n) is 19.0. The SMILES string of the molecule is COc1ccc2sc(/C=C3\Sc4ccc(Cl)cc4N3CCCS(=O)(=O)[O-])[n+](CCCS(=O)(=O)[O-])c2c1. The van der Waals surface area contributed by atoms with Crippen LogP contribution in [-0.4, -0.2) is 51.1 Å². The Morgan fingerprint density at radius 3 is 2.47 bits per heavy atom. The Kier molecular flexibility index (Phi) is 8.19. The fourth-order valence-corrected chi connectivity index (χ4v) is 7.28. The Hall–Kier alpha value is -1.87. The van der Waals surface area contributed by atoms with Crippen LogP contribution in [0.3, 0.4) is 0 Å². The summed E-state index contributed by atoms with van der Waals surface area (Å²) in [5.74, 6) is -0.322. The van der Waals surface area contributed by atoms with Gasteiger partial charge in [-0.05, 0) is 36.8 Å². The van der Waals surface area contributed by atoms with Gasteiger partial charge in [0.25, 0.3) is 5.01 Å². The number of aromatic nitrogens is 1. The van der Waals surface area contributed by atoms with Gasteiger partial charge >= 0.3 is 0 Å². The van der Waals surface area contributed by atoms with E-state index < -0.39 is 31.7 Å². The number of halogens is 1. The average Bonchev–Trinajstić information content (AvgIpc) is 3.29. The highest BCUT2D eigenvalue weighted by Gasteiger charge is 2.28. The average molecular weight is 590 g/mol. The standard InChI is InChI=1S/C22H23ClN2O7S4/c1-32-16-5-7-20-18(13-16)25(9-3-11-36(29,30)31)22(34-20)14-21-24(8-2-10-35(26,27)28)17-12-15(23)4-6-19(17)33-21/h4-7,12-14H,2-3,8-11H2,1H3,(H-,26,27,28,29,30,31)/p-1. The molecular weight excluding hydrogens is 568 g/mol. The number of fused-ring (bicyclic) bond motifs is 2. The van der Waals surface area contributed by atoms with E-state index in [0.717, 1.165) is 30.8 Å². The Labute approximate surface area is 222 Å². The highest BCUT2D eigenvalue weighted by Crippen LogP contribution is 2.48. The number of aryl methyl sites for hydroxylation is 1. The van der Waals surface area contributed by atoms with E-state index in [1.165, 1.54) is 23.1 Å². The maximum Gasteiger partial charge on any atom is 0.265 e. The van der Waals surface area contributed by atoms with Gasteiger partial charge in [-0.2, -0.15) is 4.57 Å². The molecule has 14 heteroatoms. The van der Waals surface area contributed by atoms with Crippen molar-refractivity contribution in [3.05, 3.63) is 51.5 Å². The number of anilines is 1. The molecule has 194 valence electrons. The Morgan fingerprint density at radius 1 is 1.06 bits per heavy atom. The summed E-state index contributed by atoms with van der Waals surface area (Å²) < 4.78 is 75.2. The van der Waals surface area contributed by atoms with Gasteiger partial charge in [-0.25, -0.2) is 16.8 Å². The molecule has 0 N–H and O–H groups in total. The number of nitrogens with zero attached hydrogens (tertiary/aromatic N) is 2. The third kappa shape index (κ3) is 6.71. The minimum Gasteiger partial charge on any atom is -0.748 e. The van der Waals surface area contributed by atoms with Crippen molar-refractivity contribution >= 4 is 76.9 Å². The topological polar surface area (TPSA) is 131 Å². The fraction of sp³-hybridized carbons (Fsp3) is 0.318. The van der Waals surface area contributed by atoms with Gasteiger partial charge in [0.05, 0.1) is 50.2 Å². The lowest BCUT2D eigenvalue weighted by Gasteiger charge is -2.20. The summed E-state index contributed by atoms with van der Waals surface area (Å²) in [4.78, 5) is 2.86. The van der Waals surface area contributed by atoms with Crippen molar-refractivity contribution in [3.8, 4) is 5.75 Å². The monoisotopic (exact) mass is 589 g/mol. The van der Waals surface area contributed by atoms with Crippen LogP contribution in [-0.2, 0) is 26.8 Å². The summed E-state index contributed by atoms with van der Waals surface area (Å²) in [6, 6.07) is 11.0. The molecule has 1 aliphatic heterocycles. The smallest absolute Gasteiger partial charge is 0.265 e. The van der Waals surface area contributed by atoms with Gasteiger partial charge in [0.15, 0.2) is 6.54 Å². The van der Waals surface area contributed by atoms with Crippen LogP contribution >= 0.6 is 34.7 Å². The minimum absolute atomic E-state index is 0.140. The van der Waals surface area contributed by atoms with E-state index in [9.17, 15) is 25.9 Å². The normalized spacial score (nSPS) is 15.1. The molecule has 4 rings (SSSR count). The first-order chi connectivity index (χ1) is 16.9. The summed E-state index contributed by atoms with van der Waals surface area (Å²) in [7, 11) is -7.14. The maximum absolute atomic E-state index is 11.2. The first-order valence-electron chi connectivity index (χ1n) is 10.8. The largest absolute Gasteiger partial charge is 0.748 e. The number of benzene rings is 2. The summed E-state index contributed by atoms with van der Waals surface area (Å²) in [5.41, 5.74) is 1.65. The number of ether oxygens (including phenoxy) is 1. The van der Waals surface area contributed by atoms with Crippen molar-refractivity contribution in [3.63, 3.8) is 0 Å². The zero-order chi connectivity index (χ0) is 26.1. The molecule has 2 aromatic carbocycles. The quantitative estimate of drug-likeness (QED) is 0.257. The number of hydrogen-bond acceptors (Lipinski definition) is 10. The lowest BCUT2D eigenvalue weighted by Crippen LogP contribution is -2.36. The molecule has 0 aliphatic carbocycles. The van der Waals surface area contributed by atoms with Crippen LogP contribution in [0.4, 0.5) is 5.69 Å². The number of methoxy groups -OCH3 is 1.